The molecule has 3 heterocycles. The van der Waals surface area contributed by atoms with Crippen LogP contribution in [0.2, 0.25) is 0 Å². The van der Waals surface area contributed by atoms with Crippen LogP contribution in [0.1, 0.15) is 35.1 Å². The van der Waals surface area contributed by atoms with E-state index in [1.54, 1.807) is 27.9 Å². The first kappa shape index (κ1) is 23.8. The standard InChI is InChI=1S/C24H29FN6O3/c1-16-5-6-21(25)20(18(16)8-11-32)13-27-24-26-12-19(23-29-28-15-31(23)24)17-4-3-9-30(10-7-17)22(33)14-34-2/h4-6,12,15,32H,3,7-11,13-14H2,1-2H3,(H,26,27). The number of nitrogens with zero attached hydrogens (tertiary/aromatic N) is 5. The highest BCUT2D eigenvalue weighted by molar-refractivity contribution is 5.80. The molecule has 180 valence electrons. The summed E-state index contributed by atoms with van der Waals surface area (Å²) in [5, 5.41) is 20.9. The minimum Gasteiger partial charge on any atom is -0.396 e. The number of aliphatic hydroxyl groups is 1. The van der Waals surface area contributed by atoms with Crippen molar-refractivity contribution in [2.45, 2.75) is 32.7 Å². The zero-order valence-corrected chi connectivity index (χ0v) is 19.4. The van der Waals surface area contributed by atoms with E-state index in [2.05, 4.69) is 26.6 Å². The maximum absolute atomic E-state index is 14.6. The molecule has 9 nitrogen and oxygen atoms in total. The Morgan fingerprint density at radius 1 is 1.29 bits per heavy atom. The predicted octanol–water partition coefficient (Wildman–Crippen LogP) is 2.37. The summed E-state index contributed by atoms with van der Waals surface area (Å²) in [5.41, 5.74) is 4.78. The van der Waals surface area contributed by atoms with Gasteiger partial charge >= 0.3 is 0 Å². The van der Waals surface area contributed by atoms with Crippen molar-refractivity contribution in [3.8, 4) is 0 Å². The molecule has 0 atom stereocenters. The number of carbonyl (C=O) groups is 1. The van der Waals surface area contributed by atoms with E-state index in [9.17, 15) is 14.3 Å². The number of benzene rings is 1. The van der Waals surface area contributed by atoms with Crippen LogP contribution in [0.4, 0.5) is 10.3 Å². The van der Waals surface area contributed by atoms with Gasteiger partial charge in [-0.3, -0.25) is 9.20 Å². The first-order valence-corrected chi connectivity index (χ1v) is 11.3. The molecule has 0 spiro atoms. The van der Waals surface area contributed by atoms with Crippen molar-refractivity contribution in [3.05, 3.63) is 58.8 Å². The van der Waals surface area contributed by atoms with Gasteiger partial charge in [0.05, 0.1) is 0 Å². The second-order valence-electron chi connectivity index (χ2n) is 8.25. The van der Waals surface area contributed by atoms with Crippen molar-refractivity contribution in [2.24, 2.45) is 0 Å². The fourth-order valence-electron chi connectivity index (χ4n) is 4.35. The number of aryl methyl sites for hydroxylation is 1. The smallest absolute Gasteiger partial charge is 0.248 e. The zero-order chi connectivity index (χ0) is 24.1. The Hall–Kier alpha value is -3.37. The Labute approximate surface area is 197 Å². The Morgan fingerprint density at radius 2 is 2.15 bits per heavy atom. The molecule has 0 bridgehead atoms. The Kier molecular flexibility index (Phi) is 7.49. The topological polar surface area (TPSA) is 105 Å². The maximum Gasteiger partial charge on any atom is 0.248 e. The van der Waals surface area contributed by atoms with Gasteiger partial charge in [-0.1, -0.05) is 12.1 Å². The number of aromatic nitrogens is 4. The van der Waals surface area contributed by atoms with E-state index in [0.29, 0.717) is 43.1 Å². The van der Waals surface area contributed by atoms with Gasteiger partial charge in [-0.15, -0.1) is 10.2 Å². The van der Waals surface area contributed by atoms with Crippen LogP contribution in [0.15, 0.2) is 30.7 Å². The van der Waals surface area contributed by atoms with Gasteiger partial charge in [-0.05, 0) is 49.0 Å². The van der Waals surface area contributed by atoms with Gasteiger partial charge in [0.2, 0.25) is 11.9 Å². The number of nitrogens with one attached hydrogen (secondary N) is 1. The molecule has 0 aliphatic carbocycles. The second kappa shape index (κ2) is 10.7. The molecule has 1 aliphatic rings. The van der Waals surface area contributed by atoms with E-state index in [1.807, 2.05) is 6.92 Å². The largest absolute Gasteiger partial charge is 0.396 e. The molecule has 2 aromatic heterocycles. The number of hydrogen-bond donors (Lipinski definition) is 2. The van der Waals surface area contributed by atoms with Crippen molar-refractivity contribution >= 4 is 23.1 Å². The molecule has 0 saturated heterocycles. The first-order valence-electron chi connectivity index (χ1n) is 11.3. The van der Waals surface area contributed by atoms with E-state index in [0.717, 1.165) is 28.7 Å². The van der Waals surface area contributed by atoms with Gasteiger partial charge in [0.15, 0.2) is 5.65 Å². The molecule has 34 heavy (non-hydrogen) atoms. The number of ether oxygens (including phenoxy) is 1. The van der Waals surface area contributed by atoms with Crippen molar-refractivity contribution in [1.29, 1.82) is 0 Å². The molecule has 1 amide bonds. The lowest BCUT2D eigenvalue weighted by Gasteiger charge is -2.20. The average molecular weight is 469 g/mol. The highest BCUT2D eigenvalue weighted by Gasteiger charge is 2.20. The summed E-state index contributed by atoms with van der Waals surface area (Å²) in [6.45, 7) is 3.37. The Morgan fingerprint density at radius 3 is 2.94 bits per heavy atom. The lowest BCUT2D eigenvalue weighted by molar-refractivity contribution is -0.135. The number of carbonyl (C=O) groups excluding carboxylic acids is 1. The third-order valence-electron chi connectivity index (χ3n) is 6.13. The van der Waals surface area contributed by atoms with Crippen LogP contribution in [0.25, 0.3) is 11.2 Å². The summed E-state index contributed by atoms with van der Waals surface area (Å²) in [4.78, 5) is 18.6. The number of halogens is 1. The molecule has 1 aliphatic heterocycles. The molecular weight excluding hydrogens is 439 g/mol. The summed E-state index contributed by atoms with van der Waals surface area (Å²) < 4.78 is 21.3. The minimum atomic E-state index is -0.325. The molecule has 2 N–H and O–H groups in total. The van der Waals surface area contributed by atoms with Crippen LogP contribution >= 0.6 is 0 Å². The molecule has 10 heteroatoms. The van der Waals surface area contributed by atoms with Crippen molar-refractivity contribution in [2.75, 3.05) is 38.7 Å². The van der Waals surface area contributed by atoms with Gasteiger partial charge < -0.3 is 20.1 Å². The summed E-state index contributed by atoms with van der Waals surface area (Å²) in [6.07, 6.45) is 7.21. The number of aliphatic hydroxyl groups excluding tert-OH is 1. The number of methoxy groups -OCH3 is 1. The van der Waals surface area contributed by atoms with Crippen LogP contribution in [-0.2, 0) is 22.5 Å². The fourth-order valence-corrected chi connectivity index (χ4v) is 4.35. The highest BCUT2D eigenvalue weighted by Crippen LogP contribution is 2.27. The SMILES string of the molecule is COCC(=O)N1CCC=C(c2cnc(NCc3c(F)ccc(C)c3CCO)n3cnnc23)CC1. The summed E-state index contributed by atoms with van der Waals surface area (Å²) in [7, 11) is 1.52. The predicted molar refractivity (Wildman–Crippen MR) is 126 cm³/mol. The van der Waals surface area contributed by atoms with Crippen LogP contribution in [0, 0.1) is 12.7 Å². The molecule has 0 unspecified atom stereocenters. The molecule has 0 radical (unpaired) electrons. The van der Waals surface area contributed by atoms with Crippen LogP contribution < -0.4 is 5.32 Å². The van der Waals surface area contributed by atoms with E-state index >= 15 is 0 Å². The summed E-state index contributed by atoms with van der Waals surface area (Å²) >= 11 is 0. The summed E-state index contributed by atoms with van der Waals surface area (Å²) in [6, 6.07) is 3.16. The quantitative estimate of drug-likeness (QED) is 0.523. The molecule has 1 aromatic carbocycles. The maximum atomic E-state index is 14.6. The van der Waals surface area contributed by atoms with Gasteiger partial charge in [0.1, 0.15) is 18.8 Å². The lowest BCUT2D eigenvalue weighted by Crippen LogP contribution is -2.34. The molecule has 0 saturated carbocycles. The molecule has 3 aromatic rings. The van der Waals surface area contributed by atoms with Gasteiger partial charge in [-0.25, -0.2) is 9.37 Å². The van der Waals surface area contributed by atoms with Gasteiger partial charge in [-0.2, -0.15) is 0 Å². The minimum absolute atomic E-state index is 0.0219. The van der Waals surface area contributed by atoms with Gasteiger partial charge in [0, 0.05) is 50.7 Å². The third kappa shape index (κ3) is 4.92. The van der Waals surface area contributed by atoms with E-state index in [4.69, 9.17) is 4.74 Å². The third-order valence-corrected chi connectivity index (χ3v) is 6.13. The fraction of sp³-hybridized carbons (Fsp3) is 0.417. The number of amides is 1. The lowest BCUT2D eigenvalue weighted by atomic mass is 9.98. The molecular formula is C24H29FN6O3. The number of rotatable bonds is 8. The zero-order valence-electron chi connectivity index (χ0n) is 19.4. The van der Waals surface area contributed by atoms with Crippen LogP contribution in [-0.4, -0.2) is 68.9 Å². The van der Waals surface area contributed by atoms with E-state index < -0.39 is 0 Å². The second-order valence-corrected chi connectivity index (χ2v) is 8.25. The Bertz CT molecular complexity index is 1210. The monoisotopic (exact) mass is 468 g/mol. The number of anilines is 1. The van der Waals surface area contributed by atoms with Crippen LogP contribution in [0.5, 0.6) is 0 Å². The van der Waals surface area contributed by atoms with Gasteiger partial charge in [0.25, 0.3) is 0 Å². The first-order chi connectivity index (χ1) is 16.5. The van der Waals surface area contributed by atoms with Crippen molar-refractivity contribution in [3.63, 3.8) is 0 Å². The van der Waals surface area contributed by atoms with Crippen LogP contribution in [0.3, 0.4) is 0 Å². The van der Waals surface area contributed by atoms with E-state index in [-0.39, 0.29) is 31.5 Å². The Balaban J connectivity index is 1.56. The van der Waals surface area contributed by atoms with Crippen molar-refractivity contribution in [1.82, 2.24) is 24.5 Å². The van der Waals surface area contributed by atoms with Crippen molar-refractivity contribution < 1.29 is 19.0 Å². The summed E-state index contributed by atoms with van der Waals surface area (Å²) in [5.74, 6) is 0.145. The average Bonchev–Trinajstić information content (AvgIpc) is 3.19. The molecule has 0 fully saturated rings. The highest BCUT2D eigenvalue weighted by atomic mass is 19.1. The number of fused-ring (bicyclic) bond motifs is 1. The van der Waals surface area contributed by atoms with E-state index in [1.165, 1.54) is 13.2 Å². The number of hydrogen-bond acceptors (Lipinski definition) is 7. The molecule has 4 rings (SSSR count). The normalized spacial score (nSPS) is 14.2.